The van der Waals surface area contributed by atoms with Crippen LogP contribution in [0.15, 0.2) is 0 Å². The Morgan fingerprint density at radius 2 is 1.90 bits per heavy atom. The molecule has 120 valence electrons. The van der Waals surface area contributed by atoms with Crippen LogP contribution in [0.5, 0.6) is 0 Å². The first-order valence-corrected chi connectivity index (χ1v) is 9.60. The van der Waals surface area contributed by atoms with Crippen molar-refractivity contribution in [3.63, 3.8) is 0 Å². The molecule has 1 atom stereocenters. The largest absolute Gasteiger partial charge is 0.298 e. The second kappa shape index (κ2) is 6.61. The molecule has 1 saturated heterocycles. The maximum absolute atomic E-state index is 11.5. The first-order chi connectivity index (χ1) is 9.91. The fourth-order valence-electron chi connectivity index (χ4n) is 2.99. The Labute approximate surface area is 128 Å². The Balaban J connectivity index is 1.95. The number of nitrogens with one attached hydrogen (secondary N) is 1. The molecule has 0 aromatic heterocycles. The van der Waals surface area contributed by atoms with E-state index < -0.39 is 15.6 Å². The Bertz CT molecular complexity index is 490. The highest BCUT2D eigenvalue weighted by atomic mass is 32.2. The topological polar surface area (TPSA) is 76.4 Å². The standard InChI is InChI=1S/C14H26N4O2S/c1-3-6-16-14(11-15,13-4-5-13)12-17-7-9-18(10-8-17)21(2,19)20/h13,16H,3-10,12H2,1-2H3. The molecule has 2 rings (SSSR count). The van der Waals surface area contributed by atoms with Gasteiger partial charge in [-0.3, -0.25) is 10.2 Å². The molecule has 1 unspecified atom stereocenters. The van der Waals surface area contributed by atoms with Crippen molar-refractivity contribution in [2.24, 2.45) is 5.92 Å². The zero-order valence-corrected chi connectivity index (χ0v) is 13.8. The van der Waals surface area contributed by atoms with Gasteiger partial charge >= 0.3 is 0 Å². The van der Waals surface area contributed by atoms with E-state index in [0.717, 1.165) is 25.8 Å². The quantitative estimate of drug-likeness (QED) is 0.728. The van der Waals surface area contributed by atoms with Crippen LogP contribution in [-0.2, 0) is 10.0 Å². The third-order valence-corrected chi connectivity index (χ3v) is 5.74. The first kappa shape index (κ1) is 16.7. The van der Waals surface area contributed by atoms with E-state index in [1.165, 1.54) is 10.6 Å². The first-order valence-electron chi connectivity index (χ1n) is 7.75. The fourth-order valence-corrected chi connectivity index (χ4v) is 3.82. The van der Waals surface area contributed by atoms with E-state index in [2.05, 4.69) is 23.2 Å². The molecular weight excluding hydrogens is 288 g/mol. The van der Waals surface area contributed by atoms with Crippen molar-refractivity contribution in [3.05, 3.63) is 0 Å². The SMILES string of the molecule is CCCNC(C#N)(CN1CCN(S(C)(=O)=O)CC1)C1CC1. The maximum Gasteiger partial charge on any atom is 0.211 e. The van der Waals surface area contributed by atoms with Crippen LogP contribution in [-0.4, -0.2) is 68.7 Å². The van der Waals surface area contributed by atoms with E-state index in [0.29, 0.717) is 38.6 Å². The number of nitriles is 1. The highest BCUT2D eigenvalue weighted by molar-refractivity contribution is 7.88. The lowest BCUT2D eigenvalue weighted by Gasteiger charge is -2.38. The minimum absolute atomic E-state index is 0.446. The summed E-state index contributed by atoms with van der Waals surface area (Å²) in [7, 11) is -3.09. The van der Waals surface area contributed by atoms with Crippen molar-refractivity contribution in [1.82, 2.24) is 14.5 Å². The Hall–Kier alpha value is -0.680. The van der Waals surface area contributed by atoms with Crippen LogP contribution < -0.4 is 5.32 Å². The molecule has 2 fully saturated rings. The average molecular weight is 314 g/mol. The number of hydrogen-bond acceptors (Lipinski definition) is 5. The minimum Gasteiger partial charge on any atom is -0.298 e. The lowest BCUT2D eigenvalue weighted by atomic mass is 9.93. The van der Waals surface area contributed by atoms with Crippen LogP contribution >= 0.6 is 0 Å². The van der Waals surface area contributed by atoms with Gasteiger partial charge in [-0.05, 0) is 31.7 Å². The zero-order chi connectivity index (χ0) is 15.5. The van der Waals surface area contributed by atoms with Crippen molar-refractivity contribution in [2.75, 3.05) is 45.5 Å². The normalized spacial score (nSPS) is 24.4. The van der Waals surface area contributed by atoms with Gasteiger partial charge in [0.25, 0.3) is 0 Å². The summed E-state index contributed by atoms with van der Waals surface area (Å²) < 4.78 is 24.6. The summed E-state index contributed by atoms with van der Waals surface area (Å²) in [4.78, 5) is 2.23. The van der Waals surface area contributed by atoms with E-state index in [1.807, 2.05) is 0 Å². The molecule has 7 heteroatoms. The van der Waals surface area contributed by atoms with Gasteiger partial charge in [0.2, 0.25) is 10.0 Å². The van der Waals surface area contributed by atoms with Gasteiger partial charge in [0, 0.05) is 32.7 Å². The van der Waals surface area contributed by atoms with Gasteiger partial charge in [0.15, 0.2) is 0 Å². The van der Waals surface area contributed by atoms with Crippen LogP contribution in [0, 0.1) is 17.2 Å². The van der Waals surface area contributed by atoms with E-state index in [9.17, 15) is 13.7 Å². The fraction of sp³-hybridized carbons (Fsp3) is 0.929. The van der Waals surface area contributed by atoms with Gasteiger partial charge in [-0.2, -0.15) is 9.57 Å². The van der Waals surface area contributed by atoms with E-state index in [4.69, 9.17) is 0 Å². The number of rotatable bonds is 7. The molecule has 0 bridgehead atoms. The molecule has 1 aliphatic heterocycles. The molecular formula is C14H26N4O2S. The summed E-state index contributed by atoms with van der Waals surface area (Å²) in [5, 5.41) is 13.1. The predicted molar refractivity (Wildman–Crippen MR) is 82.2 cm³/mol. The Morgan fingerprint density at radius 3 is 2.33 bits per heavy atom. The average Bonchev–Trinajstić information content (AvgIpc) is 3.28. The van der Waals surface area contributed by atoms with E-state index in [-0.39, 0.29) is 0 Å². The third-order valence-electron chi connectivity index (χ3n) is 4.44. The molecule has 0 aromatic rings. The molecule has 0 spiro atoms. The summed E-state index contributed by atoms with van der Waals surface area (Å²) in [6, 6.07) is 2.52. The summed E-state index contributed by atoms with van der Waals surface area (Å²) in [6.07, 6.45) is 4.51. The molecule has 2 aliphatic rings. The second-order valence-corrected chi connectivity index (χ2v) is 8.20. The molecule has 1 N–H and O–H groups in total. The van der Waals surface area contributed by atoms with Crippen LogP contribution in [0.2, 0.25) is 0 Å². The molecule has 21 heavy (non-hydrogen) atoms. The number of hydrogen-bond donors (Lipinski definition) is 1. The van der Waals surface area contributed by atoms with Crippen molar-refractivity contribution in [1.29, 1.82) is 5.26 Å². The van der Waals surface area contributed by atoms with Crippen molar-refractivity contribution in [3.8, 4) is 6.07 Å². The summed E-state index contributed by atoms with van der Waals surface area (Å²) >= 11 is 0. The van der Waals surface area contributed by atoms with Gasteiger partial charge in [-0.15, -0.1) is 0 Å². The van der Waals surface area contributed by atoms with Gasteiger partial charge < -0.3 is 0 Å². The highest BCUT2D eigenvalue weighted by Gasteiger charge is 2.46. The zero-order valence-electron chi connectivity index (χ0n) is 13.0. The van der Waals surface area contributed by atoms with Crippen molar-refractivity contribution < 1.29 is 8.42 Å². The van der Waals surface area contributed by atoms with Crippen LogP contribution in [0.1, 0.15) is 26.2 Å². The van der Waals surface area contributed by atoms with Gasteiger partial charge in [0.1, 0.15) is 5.54 Å². The smallest absolute Gasteiger partial charge is 0.211 e. The van der Waals surface area contributed by atoms with Gasteiger partial charge in [-0.1, -0.05) is 6.92 Å². The molecule has 6 nitrogen and oxygen atoms in total. The monoisotopic (exact) mass is 314 g/mol. The van der Waals surface area contributed by atoms with Crippen LogP contribution in [0.25, 0.3) is 0 Å². The van der Waals surface area contributed by atoms with Crippen LogP contribution in [0.4, 0.5) is 0 Å². The number of nitrogens with zero attached hydrogens (tertiary/aromatic N) is 3. The van der Waals surface area contributed by atoms with Crippen molar-refractivity contribution in [2.45, 2.75) is 31.7 Å². The highest BCUT2D eigenvalue weighted by Crippen LogP contribution is 2.40. The van der Waals surface area contributed by atoms with Gasteiger partial charge in [0.05, 0.1) is 12.3 Å². The molecule has 1 saturated carbocycles. The van der Waals surface area contributed by atoms with E-state index >= 15 is 0 Å². The van der Waals surface area contributed by atoms with Crippen molar-refractivity contribution >= 4 is 10.0 Å². The number of piperazine rings is 1. The summed E-state index contributed by atoms with van der Waals surface area (Å²) in [6.45, 7) is 6.12. The maximum atomic E-state index is 11.5. The van der Waals surface area contributed by atoms with Gasteiger partial charge in [-0.25, -0.2) is 8.42 Å². The van der Waals surface area contributed by atoms with E-state index in [1.54, 1.807) is 0 Å². The summed E-state index contributed by atoms with van der Waals surface area (Å²) in [5.74, 6) is 0.446. The molecule has 0 aromatic carbocycles. The minimum atomic E-state index is -3.09. The lowest BCUT2D eigenvalue weighted by Crippen LogP contribution is -2.58. The summed E-state index contributed by atoms with van der Waals surface area (Å²) in [5.41, 5.74) is -0.455. The molecule has 0 radical (unpaired) electrons. The Morgan fingerprint density at radius 1 is 1.29 bits per heavy atom. The second-order valence-electron chi connectivity index (χ2n) is 6.22. The Kier molecular flexibility index (Phi) is 5.25. The predicted octanol–water partition coefficient (Wildman–Crippen LogP) is 0.236. The molecule has 0 amide bonds. The van der Waals surface area contributed by atoms with Crippen LogP contribution in [0.3, 0.4) is 0 Å². The third kappa shape index (κ3) is 4.16. The molecule has 1 aliphatic carbocycles. The lowest BCUT2D eigenvalue weighted by molar-refractivity contribution is 0.146. The number of sulfonamides is 1. The molecule has 1 heterocycles.